The van der Waals surface area contributed by atoms with E-state index in [0.717, 1.165) is 0 Å². The number of rotatable bonds is 0. The first-order chi connectivity index (χ1) is 5.85. The molecule has 2 heteroatoms. The van der Waals surface area contributed by atoms with Crippen LogP contribution in [0.1, 0.15) is 12.5 Å². The molecule has 1 aromatic carbocycles. The maximum atomic E-state index is 11.3. The highest BCUT2D eigenvalue weighted by Crippen LogP contribution is 1.93. The van der Waals surface area contributed by atoms with Crippen molar-refractivity contribution in [1.82, 2.24) is 0 Å². The second-order valence-corrected chi connectivity index (χ2v) is 1.90. The lowest BCUT2D eigenvalue weighted by Gasteiger charge is -1.82. The van der Waals surface area contributed by atoms with E-state index < -0.39 is 0 Å². The van der Waals surface area contributed by atoms with Crippen LogP contribution in [0.25, 0.3) is 0 Å². The smallest absolute Gasteiger partial charge is 0.111 e. The van der Waals surface area contributed by atoms with E-state index in [4.69, 9.17) is 5.11 Å². The Morgan fingerprint density at radius 3 is 2.25 bits per heavy atom. The molecular weight excluding hydrogens is 155 g/mol. The molecule has 64 valence electrons. The molecule has 0 aromatic heterocycles. The number of halogens is 1. The fourth-order valence-electron chi connectivity index (χ4n) is 0.576. The molecule has 0 aliphatic rings. The number of aliphatic hydroxyl groups is 1. The largest absolute Gasteiger partial charge is 0.397 e. The fourth-order valence-corrected chi connectivity index (χ4v) is 0.576. The number of aliphatic hydroxyl groups excluding tert-OH is 1. The minimum atomic E-state index is 0.250. The molecule has 0 saturated carbocycles. The SMILES string of the molecule is CCO.FC#Cc1ccccc1. The minimum absolute atomic E-state index is 0.250. The van der Waals surface area contributed by atoms with Gasteiger partial charge in [-0.2, -0.15) is 0 Å². The molecule has 1 aromatic rings. The summed E-state index contributed by atoms with van der Waals surface area (Å²) in [6.07, 6.45) is 1.33. The highest BCUT2D eigenvalue weighted by Gasteiger charge is 1.78. The van der Waals surface area contributed by atoms with Crippen molar-refractivity contribution in [3.8, 4) is 12.1 Å². The summed E-state index contributed by atoms with van der Waals surface area (Å²) in [7, 11) is 0. The van der Waals surface area contributed by atoms with Crippen molar-refractivity contribution in [3.05, 3.63) is 35.9 Å². The van der Waals surface area contributed by atoms with E-state index in [1.54, 1.807) is 19.1 Å². The van der Waals surface area contributed by atoms with E-state index in [2.05, 4.69) is 5.92 Å². The topological polar surface area (TPSA) is 20.2 Å². The Hall–Kier alpha value is -1.33. The third-order valence-electron chi connectivity index (χ3n) is 0.965. The van der Waals surface area contributed by atoms with Crippen LogP contribution in [-0.4, -0.2) is 11.7 Å². The molecule has 0 heterocycles. The van der Waals surface area contributed by atoms with Crippen molar-refractivity contribution >= 4 is 0 Å². The normalized spacial score (nSPS) is 7.25. The maximum absolute atomic E-state index is 11.3. The predicted octanol–water partition coefficient (Wildman–Crippen LogP) is 1.96. The molecule has 1 N–H and O–H groups in total. The van der Waals surface area contributed by atoms with Gasteiger partial charge in [-0.05, 0) is 25.0 Å². The quantitative estimate of drug-likeness (QED) is 0.584. The number of hydrogen-bond donors (Lipinski definition) is 1. The Labute approximate surface area is 71.9 Å². The molecule has 1 rings (SSSR count). The maximum Gasteiger partial charge on any atom is 0.111 e. The number of hydrogen-bond acceptors (Lipinski definition) is 1. The molecule has 12 heavy (non-hydrogen) atoms. The average molecular weight is 166 g/mol. The molecule has 1 nitrogen and oxygen atoms in total. The van der Waals surface area contributed by atoms with Gasteiger partial charge in [0.15, 0.2) is 0 Å². The molecule has 0 amide bonds. The van der Waals surface area contributed by atoms with Crippen molar-refractivity contribution in [1.29, 1.82) is 0 Å². The zero-order valence-corrected chi connectivity index (χ0v) is 6.92. The molecule has 0 unspecified atom stereocenters. The van der Waals surface area contributed by atoms with Crippen LogP contribution in [0, 0.1) is 12.1 Å². The van der Waals surface area contributed by atoms with Crippen molar-refractivity contribution < 1.29 is 9.50 Å². The molecule has 0 aliphatic heterocycles. The molecule has 0 aliphatic carbocycles. The second-order valence-electron chi connectivity index (χ2n) is 1.90. The van der Waals surface area contributed by atoms with Crippen molar-refractivity contribution in [2.24, 2.45) is 0 Å². The van der Waals surface area contributed by atoms with Gasteiger partial charge in [-0.15, -0.1) is 4.39 Å². The van der Waals surface area contributed by atoms with E-state index in [0.29, 0.717) is 5.56 Å². The van der Waals surface area contributed by atoms with Crippen LogP contribution in [0.4, 0.5) is 4.39 Å². The van der Waals surface area contributed by atoms with Crippen LogP contribution in [0.15, 0.2) is 30.3 Å². The van der Waals surface area contributed by atoms with Crippen molar-refractivity contribution in [2.75, 3.05) is 6.61 Å². The number of benzene rings is 1. The lowest BCUT2D eigenvalue weighted by atomic mass is 10.2. The summed E-state index contributed by atoms with van der Waals surface area (Å²) in [4.78, 5) is 0. The molecule has 0 fully saturated rings. The summed E-state index contributed by atoms with van der Waals surface area (Å²) in [5, 5.41) is 7.57. The Morgan fingerprint density at radius 2 is 1.83 bits per heavy atom. The summed E-state index contributed by atoms with van der Waals surface area (Å²) in [6, 6.07) is 9.02. The van der Waals surface area contributed by atoms with Gasteiger partial charge in [0.25, 0.3) is 0 Å². The van der Waals surface area contributed by atoms with Gasteiger partial charge >= 0.3 is 0 Å². The van der Waals surface area contributed by atoms with Gasteiger partial charge in [0.1, 0.15) is 6.17 Å². The molecule has 0 atom stereocenters. The lowest BCUT2D eigenvalue weighted by Crippen LogP contribution is -1.67. The van der Waals surface area contributed by atoms with E-state index in [1.165, 1.54) is 6.17 Å². The average Bonchev–Trinajstić information content (AvgIpc) is 2.08. The summed E-state index contributed by atoms with van der Waals surface area (Å²) in [5.74, 6) is 2.29. The van der Waals surface area contributed by atoms with Crippen molar-refractivity contribution in [3.63, 3.8) is 0 Å². The van der Waals surface area contributed by atoms with Gasteiger partial charge in [0.05, 0.1) is 0 Å². The van der Waals surface area contributed by atoms with Crippen molar-refractivity contribution in [2.45, 2.75) is 6.92 Å². The van der Waals surface area contributed by atoms with Crippen LogP contribution in [-0.2, 0) is 0 Å². The van der Waals surface area contributed by atoms with E-state index in [-0.39, 0.29) is 6.61 Å². The molecule has 0 spiro atoms. The zero-order chi connectivity index (χ0) is 9.23. The Morgan fingerprint density at radius 1 is 1.33 bits per heavy atom. The Kier molecular flexibility index (Phi) is 6.91. The van der Waals surface area contributed by atoms with Gasteiger partial charge in [0.2, 0.25) is 0 Å². The first-order valence-electron chi connectivity index (χ1n) is 3.62. The molecule has 0 saturated heterocycles. The standard InChI is InChI=1S/C8H5F.C2H6O/c9-7-6-8-4-2-1-3-5-8;1-2-3/h1-5H;3H,2H2,1H3. The first-order valence-corrected chi connectivity index (χ1v) is 3.62. The molecule has 0 radical (unpaired) electrons. The van der Waals surface area contributed by atoms with Crippen LogP contribution in [0.5, 0.6) is 0 Å². The van der Waals surface area contributed by atoms with Gasteiger partial charge in [0, 0.05) is 12.2 Å². The Balaban J connectivity index is 0.000000354. The van der Waals surface area contributed by atoms with Crippen LogP contribution in [0.3, 0.4) is 0 Å². The summed E-state index contributed by atoms with van der Waals surface area (Å²) in [6.45, 7) is 1.93. The monoisotopic (exact) mass is 166 g/mol. The van der Waals surface area contributed by atoms with E-state index in [1.807, 2.05) is 18.2 Å². The molecular formula is C10H11FO. The summed E-state index contributed by atoms with van der Waals surface area (Å²) in [5.41, 5.74) is 0.708. The zero-order valence-electron chi connectivity index (χ0n) is 6.92. The van der Waals surface area contributed by atoms with E-state index in [9.17, 15) is 4.39 Å². The van der Waals surface area contributed by atoms with Gasteiger partial charge < -0.3 is 5.11 Å². The second kappa shape index (κ2) is 7.77. The predicted molar refractivity (Wildman–Crippen MR) is 47.2 cm³/mol. The third-order valence-corrected chi connectivity index (χ3v) is 0.965. The summed E-state index contributed by atoms with van der Waals surface area (Å²) >= 11 is 0. The van der Waals surface area contributed by atoms with E-state index >= 15 is 0 Å². The highest BCUT2D eigenvalue weighted by atomic mass is 19.1. The first kappa shape index (κ1) is 10.7. The van der Waals surface area contributed by atoms with Gasteiger partial charge in [-0.3, -0.25) is 0 Å². The third kappa shape index (κ3) is 5.45. The fraction of sp³-hybridized carbons (Fsp3) is 0.200. The van der Waals surface area contributed by atoms with Gasteiger partial charge in [-0.1, -0.05) is 18.2 Å². The lowest BCUT2D eigenvalue weighted by molar-refractivity contribution is 0.318. The Bertz CT molecular complexity index is 246. The highest BCUT2D eigenvalue weighted by molar-refractivity contribution is 5.31. The van der Waals surface area contributed by atoms with Crippen LogP contribution in [0.2, 0.25) is 0 Å². The minimum Gasteiger partial charge on any atom is -0.397 e. The van der Waals surface area contributed by atoms with Crippen LogP contribution >= 0.6 is 0 Å². The molecule has 0 bridgehead atoms. The van der Waals surface area contributed by atoms with Crippen LogP contribution < -0.4 is 0 Å². The summed E-state index contributed by atoms with van der Waals surface area (Å²) < 4.78 is 11.3. The van der Waals surface area contributed by atoms with Gasteiger partial charge in [-0.25, -0.2) is 0 Å².